The van der Waals surface area contributed by atoms with Crippen LogP contribution in [0.1, 0.15) is 46.5 Å². The van der Waals surface area contributed by atoms with Gasteiger partial charge in [-0.15, -0.1) is 0 Å². The summed E-state index contributed by atoms with van der Waals surface area (Å²) in [6.45, 7) is 11.7. The van der Waals surface area contributed by atoms with Gasteiger partial charge in [-0.05, 0) is 53.4 Å². The molecule has 0 aliphatic rings. The summed E-state index contributed by atoms with van der Waals surface area (Å²) < 4.78 is 5.53. The Kier molecular flexibility index (Phi) is 12.3. The Bertz CT molecular complexity index is 151. The van der Waals surface area contributed by atoms with E-state index >= 15 is 0 Å². The molecule has 0 fully saturated rings. The van der Waals surface area contributed by atoms with Crippen molar-refractivity contribution in [1.29, 1.82) is 0 Å². The number of nitrogens with zero attached hydrogens (tertiary/aromatic N) is 1. The lowest BCUT2D eigenvalue weighted by molar-refractivity contribution is 0.0636. The quantitative estimate of drug-likeness (QED) is 0.534. The molecule has 0 heterocycles. The van der Waals surface area contributed by atoms with Gasteiger partial charge >= 0.3 is 0 Å². The highest BCUT2D eigenvalue weighted by atomic mass is 16.5. The topological polar surface area (TPSA) is 24.5 Å². The van der Waals surface area contributed by atoms with Crippen LogP contribution in [-0.2, 0) is 4.74 Å². The average Bonchev–Trinajstić information content (AvgIpc) is 2.27. The zero-order chi connectivity index (χ0) is 12.9. The van der Waals surface area contributed by atoms with Gasteiger partial charge < -0.3 is 15.0 Å². The highest BCUT2D eigenvalue weighted by molar-refractivity contribution is 4.53. The van der Waals surface area contributed by atoms with E-state index in [4.69, 9.17) is 4.74 Å². The van der Waals surface area contributed by atoms with Crippen LogP contribution in [0.5, 0.6) is 0 Å². The fourth-order valence-electron chi connectivity index (χ4n) is 1.72. The molecule has 0 aromatic heterocycles. The second-order valence-electron chi connectivity index (χ2n) is 4.99. The minimum Gasteiger partial charge on any atom is -0.377 e. The van der Waals surface area contributed by atoms with E-state index < -0.39 is 0 Å². The maximum absolute atomic E-state index is 5.53. The highest BCUT2D eigenvalue weighted by Gasteiger charge is 1.99. The fraction of sp³-hybridized carbons (Fsp3) is 1.00. The van der Waals surface area contributed by atoms with Crippen molar-refractivity contribution < 1.29 is 4.74 Å². The van der Waals surface area contributed by atoms with Crippen molar-refractivity contribution in [2.24, 2.45) is 0 Å². The Labute approximate surface area is 108 Å². The van der Waals surface area contributed by atoms with Crippen molar-refractivity contribution in [2.45, 2.75) is 52.6 Å². The van der Waals surface area contributed by atoms with E-state index in [1.54, 1.807) is 0 Å². The Hall–Kier alpha value is -0.120. The minimum atomic E-state index is 0.356. The van der Waals surface area contributed by atoms with Crippen molar-refractivity contribution in [1.82, 2.24) is 10.2 Å². The van der Waals surface area contributed by atoms with Gasteiger partial charge in [0, 0.05) is 6.54 Å². The minimum absolute atomic E-state index is 0.356. The normalized spacial score (nSPS) is 11.6. The molecule has 0 spiro atoms. The van der Waals surface area contributed by atoms with E-state index in [0.29, 0.717) is 6.10 Å². The first-order chi connectivity index (χ1) is 8.16. The Balaban J connectivity index is 3.13. The van der Waals surface area contributed by atoms with Crippen molar-refractivity contribution >= 4 is 0 Å². The van der Waals surface area contributed by atoms with Gasteiger partial charge in [0.1, 0.15) is 0 Å². The molecule has 17 heavy (non-hydrogen) atoms. The van der Waals surface area contributed by atoms with Crippen LogP contribution in [0, 0.1) is 0 Å². The molecule has 0 saturated heterocycles. The third kappa shape index (κ3) is 13.8. The van der Waals surface area contributed by atoms with Crippen LogP contribution in [0.4, 0.5) is 0 Å². The van der Waals surface area contributed by atoms with E-state index in [9.17, 15) is 0 Å². The molecule has 3 heteroatoms. The molecule has 0 saturated carbocycles. The molecule has 1 N–H and O–H groups in total. The number of nitrogens with one attached hydrogen (secondary N) is 1. The Morgan fingerprint density at radius 3 is 2.41 bits per heavy atom. The lowest BCUT2D eigenvalue weighted by Gasteiger charge is -2.17. The monoisotopic (exact) mass is 244 g/mol. The largest absolute Gasteiger partial charge is 0.377 e. The summed E-state index contributed by atoms with van der Waals surface area (Å²) in [6.07, 6.45) is 5.68. The number of ether oxygens (including phenoxy) is 1. The van der Waals surface area contributed by atoms with Crippen LogP contribution >= 0.6 is 0 Å². The number of hydrogen-bond donors (Lipinski definition) is 1. The van der Waals surface area contributed by atoms with Crippen LogP contribution in [0.25, 0.3) is 0 Å². The fourth-order valence-corrected chi connectivity index (χ4v) is 1.72. The molecule has 3 nitrogen and oxygen atoms in total. The zero-order valence-electron chi connectivity index (χ0n) is 12.3. The first-order valence-corrected chi connectivity index (χ1v) is 7.17. The number of rotatable bonds is 12. The van der Waals surface area contributed by atoms with Gasteiger partial charge in [-0.1, -0.05) is 19.8 Å². The molecule has 0 radical (unpaired) electrons. The second-order valence-corrected chi connectivity index (χ2v) is 4.99. The Morgan fingerprint density at radius 1 is 1.06 bits per heavy atom. The summed E-state index contributed by atoms with van der Waals surface area (Å²) in [5, 5.41) is 3.36. The standard InChI is InChI=1S/C14H32N2O/c1-5-15-10-8-6-7-9-11-16(4)12-13-17-14(2)3/h14-15H,5-13H2,1-4H3. The predicted molar refractivity (Wildman–Crippen MR) is 75.6 cm³/mol. The van der Waals surface area contributed by atoms with Crippen molar-refractivity contribution in [2.75, 3.05) is 39.8 Å². The second kappa shape index (κ2) is 12.3. The zero-order valence-corrected chi connectivity index (χ0v) is 12.3. The van der Waals surface area contributed by atoms with E-state index in [-0.39, 0.29) is 0 Å². The average molecular weight is 244 g/mol. The molecule has 0 atom stereocenters. The third-order valence-electron chi connectivity index (χ3n) is 2.82. The summed E-state index contributed by atoms with van der Waals surface area (Å²) in [5.74, 6) is 0. The third-order valence-corrected chi connectivity index (χ3v) is 2.82. The van der Waals surface area contributed by atoms with Crippen molar-refractivity contribution in [3.63, 3.8) is 0 Å². The van der Waals surface area contributed by atoms with E-state index in [1.807, 2.05) is 0 Å². The lowest BCUT2D eigenvalue weighted by Crippen LogP contribution is -2.25. The maximum atomic E-state index is 5.53. The number of unbranched alkanes of at least 4 members (excludes halogenated alkanes) is 3. The molecule has 104 valence electrons. The molecule has 0 unspecified atom stereocenters. The molecular formula is C14H32N2O. The summed E-state index contributed by atoms with van der Waals surface area (Å²) in [6, 6.07) is 0. The smallest absolute Gasteiger partial charge is 0.0596 e. The summed E-state index contributed by atoms with van der Waals surface area (Å²) in [5.41, 5.74) is 0. The van der Waals surface area contributed by atoms with Crippen LogP contribution in [0.15, 0.2) is 0 Å². The molecule has 0 aliphatic carbocycles. The molecule has 0 aliphatic heterocycles. The molecule has 0 amide bonds. The van der Waals surface area contributed by atoms with Gasteiger partial charge in [-0.2, -0.15) is 0 Å². The highest BCUT2D eigenvalue weighted by Crippen LogP contribution is 2.00. The van der Waals surface area contributed by atoms with Gasteiger partial charge in [-0.25, -0.2) is 0 Å². The van der Waals surface area contributed by atoms with Crippen molar-refractivity contribution in [3.8, 4) is 0 Å². The van der Waals surface area contributed by atoms with E-state index in [1.165, 1.54) is 38.8 Å². The molecule has 0 rings (SSSR count). The van der Waals surface area contributed by atoms with E-state index in [0.717, 1.165) is 19.7 Å². The summed E-state index contributed by atoms with van der Waals surface area (Å²) >= 11 is 0. The van der Waals surface area contributed by atoms with Crippen LogP contribution in [0.2, 0.25) is 0 Å². The van der Waals surface area contributed by atoms with Crippen LogP contribution in [0.3, 0.4) is 0 Å². The lowest BCUT2D eigenvalue weighted by atomic mass is 10.2. The summed E-state index contributed by atoms with van der Waals surface area (Å²) in [7, 11) is 2.18. The first-order valence-electron chi connectivity index (χ1n) is 7.17. The first kappa shape index (κ1) is 16.9. The Morgan fingerprint density at radius 2 is 1.76 bits per heavy atom. The predicted octanol–water partition coefficient (Wildman–Crippen LogP) is 2.51. The van der Waals surface area contributed by atoms with Gasteiger partial charge in [0.15, 0.2) is 0 Å². The summed E-state index contributed by atoms with van der Waals surface area (Å²) in [4.78, 5) is 2.37. The number of likely N-dealkylation sites (N-methyl/N-ethyl adjacent to an activating group) is 1. The maximum Gasteiger partial charge on any atom is 0.0596 e. The molecule has 0 aromatic rings. The van der Waals surface area contributed by atoms with Crippen LogP contribution < -0.4 is 5.32 Å². The number of hydrogen-bond acceptors (Lipinski definition) is 3. The molecule has 0 bridgehead atoms. The SMILES string of the molecule is CCNCCCCCCN(C)CCOC(C)C. The van der Waals surface area contributed by atoms with Gasteiger partial charge in [0.2, 0.25) is 0 Å². The molecular weight excluding hydrogens is 212 g/mol. The van der Waals surface area contributed by atoms with Gasteiger partial charge in [0.25, 0.3) is 0 Å². The van der Waals surface area contributed by atoms with Gasteiger partial charge in [-0.3, -0.25) is 0 Å². The van der Waals surface area contributed by atoms with Crippen LogP contribution in [-0.4, -0.2) is 50.8 Å². The van der Waals surface area contributed by atoms with E-state index in [2.05, 4.69) is 38.0 Å². The van der Waals surface area contributed by atoms with Gasteiger partial charge in [0.05, 0.1) is 12.7 Å². The van der Waals surface area contributed by atoms with Crippen molar-refractivity contribution in [3.05, 3.63) is 0 Å². The molecule has 0 aromatic carbocycles.